The van der Waals surface area contributed by atoms with Crippen LogP contribution in [0.4, 0.5) is 0 Å². The molecule has 0 amide bonds. The van der Waals surface area contributed by atoms with Crippen molar-refractivity contribution in [3.63, 3.8) is 0 Å². The largest absolute Gasteiger partial charge is 0.461 e. The Hall–Kier alpha value is -3.12. The van der Waals surface area contributed by atoms with Crippen molar-refractivity contribution in [2.75, 3.05) is 6.61 Å². The number of esters is 1. The van der Waals surface area contributed by atoms with Gasteiger partial charge in [-0.05, 0) is 30.4 Å². The molecule has 3 heteroatoms. The van der Waals surface area contributed by atoms with E-state index < -0.39 is 17.3 Å². The molecule has 3 nitrogen and oxygen atoms in total. The van der Waals surface area contributed by atoms with Gasteiger partial charge in [0.05, 0.1) is 12.0 Å². The van der Waals surface area contributed by atoms with Gasteiger partial charge in [0, 0.05) is 11.5 Å². The summed E-state index contributed by atoms with van der Waals surface area (Å²) in [5.74, 6) is -1.02. The average molecular weight is 402 g/mol. The van der Waals surface area contributed by atoms with Crippen LogP contribution < -0.4 is 0 Å². The number of carbonyl (C=O) groups is 1. The summed E-state index contributed by atoms with van der Waals surface area (Å²) >= 11 is 0. The Morgan fingerprint density at radius 2 is 1.53 bits per heavy atom. The van der Waals surface area contributed by atoms with Gasteiger partial charge in [0.15, 0.2) is 0 Å². The number of nitriles is 1. The molecule has 2 rings (SSSR count). The second-order valence-corrected chi connectivity index (χ2v) is 7.46. The fourth-order valence-corrected chi connectivity index (χ4v) is 4.06. The van der Waals surface area contributed by atoms with Gasteiger partial charge in [-0.25, -0.2) is 4.79 Å². The van der Waals surface area contributed by atoms with Crippen LogP contribution in [-0.2, 0) is 14.9 Å². The number of ether oxygens (including phenoxy) is 1. The van der Waals surface area contributed by atoms with Crippen LogP contribution in [0, 0.1) is 17.2 Å². The summed E-state index contributed by atoms with van der Waals surface area (Å²) in [6.45, 7) is 7.28. The Balaban J connectivity index is 2.43. The molecule has 0 saturated heterocycles. The molecule has 0 N–H and O–H groups in total. The van der Waals surface area contributed by atoms with Crippen molar-refractivity contribution in [3.8, 4) is 6.07 Å². The third kappa shape index (κ3) is 5.94. The van der Waals surface area contributed by atoms with Gasteiger partial charge in [0.25, 0.3) is 0 Å². The average Bonchev–Trinajstić information content (AvgIpc) is 2.81. The predicted molar refractivity (Wildman–Crippen MR) is 122 cm³/mol. The zero-order valence-electron chi connectivity index (χ0n) is 17.6. The van der Waals surface area contributed by atoms with Gasteiger partial charge in [0.1, 0.15) is 6.61 Å². The van der Waals surface area contributed by atoms with Crippen LogP contribution in [0.2, 0.25) is 0 Å². The van der Waals surface area contributed by atoms with Crippen molar-refractivity contribution in [3.05, 3.63) is 97.1 Å². The van der Waals surface area contributed by atoms with E-state index in [1.165, 1.54) is 0 Å². The zero-order chi connectivity index (χ0) is 21.7. The molecule has 0 aliphatic carbocycles. The van der Waals surface area contributed by atoms with Crippen molar-refractivity contribution in [2.24, 2.45) is 5.92 Å². The molecule has 1 unspecified atom stereocenters. The summed E-state index contributed by atoms with van der Waals surface area (Å²) < 4.78 is 5.36. The van der Waals surface area contributed by atoms with Crippen molar-refractivity contribution >= 4 is 5.97 Å². The molecule has 0 radical (unpaired) electrons. The van der Waals surface area contributed by atoms with Gasteiger partial charge in [-0.3, -0.25) is 0 Å². The lowest BCUT2D eigenvalue weighted by atomic mass is 9.63. The minimum Gasteiger partial charge on any atom is -0.461 e. The maximum Gasteiger partial charge on any atom is 0.330 e. The highest BCUT2D eigenvalue weighted by atomic mass is 16.5. The Morgan fingerprint density at radius 3 is 2.03 bits per heavy atom. The van der Waals surface area contributed by atoms with E-state index in [-0.39, 0.29) is 6.61 Å². The molecular formula is C27H31NO2. The predicted octanol–water partition coefficient (Wildman–Crippen LogP) is 6.37. The first-order valence-electron chi connectivity index (χ1n) is 10.6. The number of carbonyl (C=O) groups excluding carboxylic acids is 1. The first-order chi connectivity index (χ1) is 14.7. The fourth-order valence-electron chi connectivity index (χ4n) is 4.06. The molecule has 156 valence electrons. The number of rotatable bonds is 13. The molecule has 0 aromatic heterocycles. The van der Waals surface area contributed by atoms with Crippen molar-refractivity contribution in [2.45, 2.75) is 43.9 Å². The summed E-state index contributed by atoms with van der Waals surface area (Å²) in [6.07, 6.45) is 9.26. The smallest absolute Gasteiger partial charge is 0.330 e. The van der Waals surface area contributed by atoms with Gasteiger partial charge in [-0.1, -0.05) is 92.6 Å². The van der Waals surface area contributed by atoms with Gasteiger partial charge < -0.3 is 4.74 Å². The molecule has 30 heavy (non-hydrogen) atoms. The molecule has 0 aliphatic heterocycles. The standard InChI is InChI=1S/C27H31NO2/c1-3-5-6-7-8-15-20-27(23-16-11-9-12-17-23,24-18-13-10-14-19-24)25(21-28)22-30-26(29)4-2/h3-4,9-14,16-19,25H,1-2,5-8,15,20,22H2. The molecule has 1 atom stereocenters. The topological polar surface area (TPSA) is 50.1 Å². The van der Waals surface area contributed by atoms with E-state index in [9.17, 15) is 10.1 Å². The van der Waals surface area contributed by atoms with E-state index in [2.05, 4.69) is 43.5 Å². The molecule has 0 aliphatic rings. The summed E-state index contributed by atoms with van der Waals surface area (Å²) in [6, 6.07) is 22.7. The van der Waals surface area contributed by atoms with Crippen LogP contribution in [0.25, 0.3) is 0 Å². The molecule has 0 saturated carbocycles. The first-order valence-corrected chi connectivity index (χ1v) is 10.6. The third-order valence-electron chi connectivity index (χ3n) is 5.62. The Bertz CT molecular complexity index is 797. The summed E-state index contributed by atoms with van der Waals surface area (Å²) in [5, 5.41) is 10.2. The van der Waals surface area contributed by atoms with Crippen LogP contribution in [0.15, 0.2) is 86.0 Å². The van der Waals surface area contributed by atoms with Crippen LogP contribution in [0.5, 0.6) is 0 Å². The molecule has 0 bridgehead atoms. The molecular weight excluding hydrogens is 370 g/mol. The first kappa shape index (κ1) is 23.2. The second-order valence-electron chi connectivity index (χ2n) is 7.46. The van der Waals surface area contributed by atoms with E-state index in [1.54, 1.807) is 0 Å². The van der Waals surface area contributed by atoms with Gasteiger partial charge >= 0.3 is 5.97 Å². The molecule has 2 aromatic rings. The lowest BCUT2D eigenvalue weighted by Crippen LogP contribution is -2.39. The van der Waals surface area contributed by atoms with E-state index in [0.717, 1.165) is 55.7 Å². The Labute approximate surface area is 180 Å². The normalized spacial score (nSPS) is 11.8. The highest BCUT2D eigenvalue weighted by Gasteiger charge is 2.42. The quantitative estimate of drug-likeness (QED) is 0.170. The Kier molecular flexibility index (Phi) is 9.61. The lowest BCUT2D eigenvalue weighted by Gasteiger charge is -2.39. The number of hydrogen-bond acceptors (Lipinski definition) is 3. The van der Waals surface area contributed by atoms with Gasteiger partial charge in [0.2, 0.25) is 0 Å². The highest BCUT2D eigenvalue weighted by molar-refractivity contribution is 5.81. The molecule has 0 heterocycles. The number of benzene rings is 2. The van der Waals surface area contributed by atoms with Crippen LogP contribution in [0.1, 0.15) is 49.7 Å². The minimum absolute atomic E-state index is 0.0294. The van der Waals surface area contributed by atoms with E-state index in [0.29, 0.717) is 0 Å². The van der Waals surface area contributed by atoms with Crippen molar-refractivity contribution in [1.29, 1.82) is 5.26 Å². The fraction of sp³-hybridized carbons (Fsp3) is 0.333. The van der Waals surface area contributed by atoms with Gasteiger partial charge in [-0.15, -0.1) is 6.58 Å². The van der Waals surface area contributed by atoms with Crippen LogP contribution >= 0.6 is 0 Å². The van der Waals surface area contributed by atoms with Crippen LogP contribution in [0.3, 0.4) is 0 Å². The lowest BCUT2D eigenvalue weighted by molar-refractivity contribution is -0.139. The van der Waals surface area contributed by atoms with E-state index in [1.807, 2.05) is 42.5 Å². The number of hydrogen-bond donors (Lipinski definition) is 0. The zero-order valence-corrected chi connectivity index (χ0v) is 17.6. The minimum atomic E-state index is -0.558. The van der Waals surface area contributed by atoms with Crippen molar-refractivity contribution < 1.29 is 9.53 Å². The number of allylic oxidation sites excluding steroid dienone is 1. The Morgan fingerprint density at radius 1 is 0.967 bits per heavy atom. The molecule has 2 aromatic carbocycles. The summed E-state index contributed by atoms with van der Waals surface area (Å²) in [5.41, 5.74) is 1.59. The molecule has 0 fully saturated rings. The maximum atomic E-state index is 11.7. The monoisotopic (exact) mass is 401 g/mol. The highest BCUT2D eigenvalue weighted by Crippen LogP contribution is 2.44. The summed E-state index contributed by atoms with van der Waals surface area (Å²) in [7, 11) is 0. The number of unbranched alkanes of at least 4 members (excludes halogenated alkanes) is 4. The maximum absolute atomic E-state index is 11.7. The SMILES string of the molecule is C=CCCCCCCC(c1ccccc1)(c1ccccc1)C(C#N)COC(=O)C=C. The third-order valence-corrected chi connectivity index (χ3v) is 5.62. The number of nitrogens with zero attached hydrogens (tertiary/aromatic N) is 1. The van der Waals surface area contributed by atoms with E-state index >= 15 is 0 Å². The van der Waals surface area contributed by atoms with Crippen LogP contribution in [-0.4, -0.2) is 12.6 Å². The summed E-state index contributed by atoms with van der Waals surface area (Å²) in [4.78, 5) is 11.7. The van der Waals surface area contributed by atoms with E-state index in [4.69, 9.17) is 4.74 Å². The second kappa shape index (κ2) is 12.4. The van der Waals surface area contributed by atoms with Crippen molar-refractivity contribution in [1.82, 2.24) is 0 Å². The van der Waals surface area contributed by atoms with Gasteiger partial charge in [-0.2, -0.15) is 5.26 Å². The molecule has 0 spiro atoms.